The van der Waals surface area contributed by atoms with Crippen LogP contribution in [0.25, 0.3) is 10.8 Å². The van der Waals surface area contributed by atoms with Gasteiger partial charge in [0.2, 0.25) is 0 Å². The van der Waals surface area contributed by atoms with Crippen LogP contribution in [0.15, 0.2) is 30.3 Å². The normalized spacial score (nSPS) is 14.4. The van der Waals surface area contributed by atoms with E-state index in [0.717, 1.165) is 16.0 Å². The lowest BCUT2D eigenvalue weighted by atomic mass is 9.92. The molecule has 31 heavy (non-hydrogen) atoms. The molecule has 3 amide bonds. The van der Waals surface area contributed by atoms with Crippen molar-refractivity contribution in [3.63, 3.8) is 0 Å². The Morgan fingerprint density at radius 1 is 1.10 bits per heavy atom. The number of ether oxygens (including phenoxy) is 1. The summed E-state index contributed by atoms with van der Waals surface area (Å²) in [5.74, 6) is -2.62. The van der Waals surface area contributed by atoms with Crippen LogP contribution in [0.2, 0.25) is 0 Å². The summed E-state index contributed by atoms with van der Waals surface area (Å²) in [7, 11) is 3.73. The molecule has 1 aliphatic heterocycles. The van der Waals surface area contributed by atoms with Gasteiger partial charge in [-0.3, -0.25) is 14.5 Å². The van der Waals surface area contributed by atoms with E-state index in [1.807, 2.05) is 25.1 Å². The molecular weight excluding hydrogens is 402 g/mol. The quantitative estimate of drug-likeness (QED) is 0.704. The number of carbonyl (C=O) groups is 4. The van der Waals surface area contributed by atoms with Crippen molar-refractivity contribution in [2.24, 2.45) is 0 Å². The molecule has 2 N–H and O–H groups in total. The van der Waals surface area contributed by atoms with Crippen LogP contribution >= 0.6 is 0 Å². The summed E-state index contributed by atoms with van der Waals surface area (Å²) in [6, 6.07) is 7.03. The predicted molar refractivity (Wildman–Crippen MR) is 114 cm³/mol. The number of imide groups is 1. The van der Waals surface area contributed by atoms with Crippen LogP contribution in [0.5, 0.6) is 0 Å². The maximum absolute atomic E-state index is 13.1. The number of carboxylic acids is 1. The number of nitrogens with one attached hydrogen (secondary N) is 1. The molecule has 0 fully saturated rings. The van der Waals surface area contributed by atoms with E-state index in [4.69, 9.17) is 4.74 Å². The fourth-order valence-electron chi connectivity index (χ4n) is 3.50. The predicted octanol–water partition coefficient (Wildman–Crippen LogP) is 2.48. The van der Waals surface area contributed by atoms with Gasteiger partial charge in [-0.2, -0.15) is 0 Å². The average molecular weight is 427 g/mol. The number of carboxylic acid groups (broad SMARTS) is 1. The van der Waals surface area contributed by atoms with E-state index < -0.39 is 42.1 Å². The maximum atomic E-state index is 13.1. The van der Waals surface area contributed by atoms with Crippen molar-refractivity contribution in [1.82, 2.24) is 10.2 Å². The highest BCUT2D eigenvalue weighted by molar-refractivity contribution is 6.26. The number of carbonyl (C=O) groups excluding carboxylic acids is 3. The molecule has 0 radical (unpaired) electrons. The Balaban J connectivity index is 1.95. The Labute approximate surface area is 179 Å². The van der Waals surface area contributed by atoms with Crippen LogP contribution in [-0.2, 0) is 9.53 Å². The van der Waals surface area contributed by atoms with Crippen LogP contribution in [0.1, 0.15) is 41.5 Å². The zero-order valence-electron chi connectivity index (χ0n) is 18.1. The molecule has 0 aliphatic carbocycles. The summed E-state index contributed by atoms with van der Waals surface area (Å²) in [5, 5.41) is 13.1. The Morgan fingerprint density at radius 2 is 1.71 bits per heavy atom. The minimum absolute atomic E-state index is 0.303. The van der Waals surface area contributed by atoms with Crippen LogP contribution in [0, 0.1) is 0 Å². The number of rotatable bonds is 5. The summed E-state index contributed by atoms with van der Waals surface area (Å²) in [5.41, 5.74) is 0.627. The summed E-state index contributed by atoms with van der Waals surface area (Å²) in [6.07, 6.45) is -0.949. The average Bonchev–Trinajstić information content (AvgIpc) is 2.66. The van der Waals surface area contributed by atoms with Crippen LogP contribution < -0.4 is 10.2 Å². The van der Waals surface area contributed by atoms with Gasteiger partial charge in [-0.15, -0.1) is 0 Å². The summed E-state index contributed by atoms with van der Waals surface area (Å²) >= 11 is 0. The molecule has 9 nitrogen and oxygen atoms in total. The highest BCUT2D eigenvalue weighted by Crippen LogP contribution is 2.35. The van der Waals surface area contributed by atoms with Crippen molar-refractivity contribution < 1.29 is 29.0 Å². The number of amides is 3. The van der Waals surface area contributed by atoms with Gasteiger partial charge in [-0.05, 0) is 39.0 Å². The summed E-state index contributed by atoms with van der Waals surface area (Å²) in [4.78, 5) is 52.7. The lowest BCUT2D eigenvalue weighted by Crippen LogP contribution is -2.53. The molecule has 1 unspecified atom stereocenters. The molecule has 2 aromatic rings. The molecule has 164 valence electrons. The molecule has 3 rings (SSSR count). The van der Waals surface area contributed by atoms with Crippen molar-refractivity contribution in [3.05, 3.63) is 41.5 Å². The number of hydrogen-bond acceptors (Lipinski definition) is 6. The molecule has 2 aromatic carbocycles. The molecule has 0 aromatic heterocycles. The molecule has 0 spiro atoms. The zero-order valence-corrected chi connectivity index (χ0v) is 18.1. The number of benzene rings is 2. The molecular formula is C22H25N3O6. The van der Waals surface area contributed by atoms with Crippen molar-refractivity contribution in [2.45, 2.75) is 32.4 Å². The van der Waals surface area contributed by atoms with Crippen LogP contribution in [0.4, 0.5) is 10.5 Å². The lowest BCUT2D eigenvalue weighted by Gasteiger charge is -2.30. The van der Waals surface area contributed by atoms with Crippen molar-refractivity contribution in [2.75, 3.05) is 25.5 Å². The maximum Gasteiger partial charge on any atom is 0.408 e. The third kappa shape index (κ3) is 4.30. The number of alkyl carbamates (subject to hydrolysis) is 1. The monoisotopic (exact) mass is 427 g/mol. The topological polar surface area (TPSA) is 116 Å². The summed E-state index contributed by atoms with van der Waals surface area (Å²) < 4.78 is 5.09. The van der Waals surface area contributed by atoms with Crippen LogP contribution in [-0.4, -0.2) is 66.2 Å². The van der Waals surface area contributed by atoms with E-state index in [2.05, 4.69) is 5.32 Å². The van der Waals surface area contributed by atoms with Crippen LogP contribution in [0.3, 0.4) is 0 Å². The van der Waals surface area contributed by atoms with Crippen molar-refractivity contribution in [1.29, 1.82) is 0 Å². The van der Waals surface area contributed by atoms with Gasteiger partial charge in [-0.25, -0.2) is 9.59 Å². The third-order valence-corrected chi connectivity index (χ3v) is 4.80. The van der Waals surface area contributed by atoms with Crippen molar-refractivity contribution >= 4 is 40.3 Å². The van der Waals surface area contributed by atoms with E-state index >= 15 is 0 Å². The van der Waals surface area contributed by atoms with Gasteiger partial charge in [0.25, 0.3) is 11.8 Å². The fourth-order valence-corrected chi connectivity index (χ4v) is 3.50. The van der Waals surface area contributed by atoms with E-state index in [-0.39, 0.29) is 0 Å². The van der Waals surface area contributed by atoms with E-state index in [1.54, 1.807) is 45.0 Å². The first kappa shape index (κ1) is 22.1. The van der Waals surface area contributed by atoms with E-state index in [9.17, 15) is 24.3 Å². The first-order valence-electron chi connectivity index (χ1n) is 9.72. The van der Waals surface area contributed by atoms with E-state index in [1.165, 1.54) is 0 Å². The Kier molecular flexibility index (Phi) is 5.62. The number of aliphatic carboxylic acids is 1. The second-order valence-electron chi connectivity index (χ2n) is 8.51. The SMILES string of the molecule is CN(C)c1ccc2c3c(cccc13)C(=O)N(CC(NC(=O)OC(C)(C)C)C(=O)O)C2=O. The standard InChI is InChI=1S/C22H25N3O6/c1-22(2,3)31-21(30)23-15(20(28)29)11-25-18(26)13-8-6-7-12-16(24(4)5)10-9-14(17(12)13)19(25)27/h6-10,15H,11H2,1-5H3,(H,23,30)(H,28,29). The molecule has 0 saturated carbocycles. The van der Waals surface area contributed by atoms with E-state index in [0.29, 0.717) is 16.5 Å². The smallest absolute Gasteiger partial charge is 0.408 e. The molecule has 1 atom stereocenters. The zero-order chi connectivity index (χ0) is 23.1. The highest BCUT2D eigenvalue weighted by Gasteiger charge is 2.37. The molecule has 0 bridgehead atoms. The number of anilines is 1. The number of nitrogens with zero attached hydrogens (tertiary/aromatic N) is 2. The second kappa shape index (κ2) is 7.90. The Bertz CT molecular complexity index is 1060. The van der Waals surface area contributed by atoms with Gasteiger partial charge in [0.15, 0.2) is 0 Å². The van der Waals surface area contributed by atoms with Gasteiger partial charge in [0, 0.05) is 41.7 Å². The molecule has 1 heterocycles. The van der Waals surface area contributed by atoms with Gasteiger partial charge in [-0.1, -0.05) is 12.1 Å². The summed E-state index contributed by atoms with van der Waals surface area (Å²) in [6.45, 7) is 4.39. The minimum atomic E-state index is -1.52. The number of hydrogen-bond donors (Lipinski definition) is 2. The second-order valence-corrected chi connectivity index (χ2v) is 8.51. The first-order chi connectivity index (χ1) is 14.4. The highest BCUT2D eigenvalue weighted by atomic mass is 16.6. The minimum Gasteiger partial charge on any atom is -0.480 e. The van der Waals surface area contributed by atoms with Gasteiger partial charge in [0.1, 0.15) is 11.6 Å². The third-order valence-electron chi connectivity index (χ3n) is 4.80. The molecule has 0 saturated heterocycles. The van der Waals surface area contributed by atoms with Crippen molar-refractivity contribution in [3.8, 4) is 0 Å². The van der Waals surface area contributed by atoms with Gasteiger partial charge >= 0.3 is 12.1 Å². The fraction of sp³-hybridized carbons (Fsp3) is 0.364. The Morgan fingerprint density at radius 3 is 2.26 bits per heavy atom. The Hall–Kier alpha value is -3.62. The van der Waals surface area contributed by atoms with Gasteiger partial charge in [0.05, 0.1) is 6.54 Å². The largest absolute Gasteiger partial charge is 0.480 e. The lowest BCUT2D eigenvalue weighted by molar-refractivity contribution is -0.139. The molecule has 9 heteroatoms. The first-order valence-corrected chi connectivity index (χ1v) is 9.72. The molecule has 1 aliphatic rings. The van der Waals surface area contributed by atoms with Gasteiger partial charge < -0.3 is 20.1 Å².